The molecule has 0 heterocycles. The molecule has 1 rings (SSSR count). The van der Waals surface area contributed by atoms with Crippen LogP contribution in [0.1, 0.15) is 19.4 Å². The molecule has 0 aromatic heterocycles. The summed E-state index contributed by atoms with van der Waals surface area (Å²) in [6.07, 6.45) is -4.47. The summed E-state index contributed by atoms with van der Waals surface area (Å²) in [5.74, 6) is -0.489. The molecule has 0 saturated heterocycles. The highest BCUT2D eigenvalue weighted by Crippen LogP contribution is 2.34. The molecule has 1 aromatic carbocycles. The van der Waals surface area contributed by atoms with Crippen LogP contribution in [0.3, 0.4) is 0 Å². The van der Waals surface area contributed by atoms with Crippen molar-refractivity contribution in [2.24, 2.45) is 5.92 Å². The fourth-order valence-electron chi connectivity index (χ4n) is 1.80. The summed E-state index contributed by atoms with van der Waals surface area (Å²) in [6, 6.07) is 2.23. The first-order valence-electron chi connectivity index (χ1n) is 6.68. The minimum atomic E-state index is -4.47. The summed E-state index contributed by atoms with van der Waals surface area (Å²) in [5, 5.41) is 14.0. The molecule has 0 fully saturated rings. The maximum atomic E-state index is 12.6. The zero-order chi connectivity index (χ0) is 16.9. The number of halogens is 4. The van der Waals surface area contributed by atoms with Gasteiger partial charge in [0.1, 0.15) is 6.04 Å². The summed E-state index contributed by atoms with van der Waals surface area (Å²) in [7, 11) is 0. The lowest BCUT2D eigenvalue weighted by Gasteiger charge is -2.23. The Kier molecular flexibility index (Phi) is 6.49. The SMILES string of the molecule is CC(C)[C@@H](Nc1ccc(C(F)(F)F)cc1Cl)C(=O)NCCO. The first-order chi connectivity index (χ1) is 10.2. The number of aliphatic hydroxyl groups is 1. The highest BCUT2D eigenvalue weighted by Gasteiger charge is 2.31. The van der Waals surface area contributed by atoms with Crippen molar-refractivity contribution in [3.8, 4) is 0 Å². The van der Waals surface area contributed by atoms with E-state index in [0.717, 1.165) is 12.1 Å². The molecule has 1 amide bonds. The molecule has 22 heavy (non-hydrogen) atoms. The van der Waals surface area contributed by atoms with E-state index in [4.69, 9.17) is 16.7 Å². The maximum absolute atomic E-state index is 12.6. The Labute approximate surface area is 131 Å². The molecule has 3 N–H and O–H groups in total. The van der Waals surface area contributed by atoms with Crippen LogP contribution in [0.4, 0.5) is 18.9 Å². The molecule has 0 aliphatic rings. The number of aliphatic hydroxyl groups excluding tert-OH is 1. The van der Waals surface area contributed by atoms with Gasteiger partial charge in [-0.2, -0.15) is 13.2 Å². The van der Waals surface area contributed by atoms with Gasteiger partial charge in [-0.05, 0) is 24.1 Å². The lowest BCUT2D eigenvalue weighted by atomic mass is 10.0. The molecule has 0 saturated carbocycles. The van der Waals surface area contributed by atoms with E-state index >= 15 is 0 Å². The second-order valence-corrected chi connectivity index (χ2v) is 5.48. The number of anilines is 1. The maximum Gasteiger partial charge on any atom is 0.416 e. The molecule has 0 aliphatic carbocycles. The summed E-state index contributed by atoms with van der Waals surface area (Å²) >= 11 is 5.86. The van der Waals surface area contributed by atoms with Crippen molar-refractivity contribution >= 4 is 23.2 Å². The zero-order valence-electron chi connectivity index (χ0n) is 12.2. The minimum Gasteiger partial charge on any atom is -0.395 e. The van der Waals surface area contributed by atoms with Crippen LogP contribution in [-0.2, 0) is 11.0 Å². The minimum absolute atomic E-state index is 0.102. The predicted octanol–water partition coefficient (Wildman–Crippen LogP) is 2.90. The number of benzene rings is 1. The Bertz CT molecular complexity index is 521. The standard InChI is InChI=1S/C14H18ClF3N2O2/c1-8(2)12(13(22)19-5-6-21)20-11-4-3-9(7-10(11)15)14(16,17)18/h3-4,7-8,12,20-21H,5-6H2,1-2H3,(H,19,22)/t12-/m1/s1. The number of carbonyl (C=O) groups is 1. The van der Waals surface area contributed by atoms with E-state index in [2.05, 4.69) is 10.6 Å². The fourth-order valence-corrected chi connectivity index (χ4v) is 2.04. The Morgan fingerprint density at radius 1 is 1.36 bits per heavy atom. The van der Waals surface area contributed by atoms with Crippen molar-refractivity contribution in [1.29, 1.82) is 0 Å². The van der Waals surface area contributed by atoms with Crippen LogP contribution in [0.15, 0.2) is 18.2 Å². The van der Waals surface area contributed by atoms with Gasteiger partial charge in [-0.25, -0.2) is 0 Å². The summed E-state index contributed by atoms with van der Waals surface area (Å²) in [6.45, 7) is 3.48. The van der Waals surface area contributed by atoms with Gasteiger partial charge in [-0.3, -0.25) is 4.79 Å². The predicted molar refractivity (Wildman–Crippen MR) is 78.8 cm³/mol. The molecular formula is C14H18ClF3N2O2. The zero-order valence-corrected chi connectivity index (χ0v) is 12.9. The first kappa shape index (κ1) is 18.6. The van der Waals surface area contributed by atoms with Crippen LogP contribution in [0.2, 0.25) is 5.02 Å². The lowest BCUT2D eigenvalue weighted by molar-refractivity contribution is -0.137. The monoisotopic (exact) mass is 338 g/mol. The van der Waals surface area contributed by atoms with E-state index in [1.807, 2.05) is 0 Å². The Hall–Kier alpha value is -1.47. The van der Waals surface area contributed by atoms with Crippen molar-refractivity contribution in [2.45, 2.75) is 26.1 Å². The van der Waals surface area contributed by atoms with Crippen molar-refractivity contribution in [1.82, 2.24) is 5.32 Å². The molecule has 8 heteroatoms. The number of amides is 1. The van der Waals surface area contributed by atoms with E-state index in [1.165, 1.54) is 6.07 Å². The fraction of sp³-hybridized carbons (Fsp3) is 0.500. The summed E-state index contributed by atoms with van der Waals surface area (Å²) < 4.78 is 37.8. The van der Waals surface area contributed by atoms with Crippen LogP contribution >= 0.6 is 11.6 Å². The van der Waals surface area contributed by atoms with Crippen LogP contribution < -0.4 is 10.6 Å². The van der Waals surface area contributed by atoms with Crippen LogP contribution in [0.25, 0.3) is 0 Å². The number of alkyl halides is 3. The molecule has 0 spiro atoms. The molecule has 0 unspecified atom stereocenters. The molecule has 0 bridgehead atoms. The van der Waals surface area contributed by atoms with E-state index in [-0.39, 0.29) is 35.7 Å². The molecule has 0 radical (unpaired) electrons. The number of nitrogens with one attached hydrogen (secondary N) is 2. The summed E-state index contributed by atoms with van der Waals surface area (Å²) in [4.78, 5) is 12.0. The largest absolute Gasteiger partial charge is 0.416 e. The topological polar surface area (TPSA) is 61.4 Å². The highest BCUT2D eigenvalue weighted by atomic mass is 35.5. The molecule has 4 nitrogen and oxygen atoms in total. The second kappa shape index (κ2) is 7.69. The third kappa shape index (κ3) is 5.06. The van der Waals surface area contributed by atoms with Crippen LogP contribution in [-0.4, -0.2) is 30.2 Å². The van der Waals surface area contributed by atoms with Crippen molar-refractivity contribution in [3.05, 3.63) is 28.8 Å². The average Bonchev–Trinajstić information content (AvgIpc) is 2.41. The number of hydrogen-bond donors (Lipinski definition) is 3. The van der Waals surface area contributed by atoms with E-state index in [9.17, 15) is 18.0 Å². The van der Waals surface area contributed by atoms with Crippen molar-refractivity contribution in [3.63, 3.8) is 0 Å². The van der Waals surface area contributed by atoms with Crippen LogP contribution in [0, 0.1) is 5.92 Å². The number of rotatable bonds is 6. The number of hydrogen-bond acceptors (Lipinski definition) is 3. The van der Waals surface area contributed by atoms with Gasteiger partial charge in [-0.15, -0.1) is 0 Å². The van der Waals surface area contributed by atoms with Gasteiger partial charge in [0.15, 0.2) is 0 Å². The Balaban J connectivity index is 2.93. The molecule has 1 aromatic rings. The van der Waals surface area contributed by atoms with Gasteiger partial charge in [-0.1, -0.05) is 25.4 Å². The van der Waals surface area contributed by atoms with Gasteiger partial charge < -0.3 is 15.7 Å². The molecule has 124 valence electrons. The van der Waals surface area contributed by atoms with E-state index in [1.54, 1.807) is 13.8 Å². The second-order valence-electron chi connectivity index (χ2n) is 5.07. The normalized spacial score (nSPS) is 13.1. The van der Waals surface area contributed by atoms with Gasteiger partial charge in [0.2, 0.25) is 5.91 Å². The van der Waals surface area contributed by atoms with Gasteiger partial charge in [0.25, 0.3) is 0 Å². The number of carbonyl (C=O) groups excluding carboxylic acids is 1. The average molecular weight is 339 g/mol. The van der Waals surface area contributed by atoms with Crippen molar-refractivity contribution in [2.75, 3.05) is 18.5 Å². The Morgan fingerprint density at radius 3 is 2.45 bits per heavy atom. The first-order valence-corrected chi connectivity index (χ1v) is 7.06. The van der Waals surface area contributed by atoms with E-state index in [0.29, 0.717) is 0 Å². The van der Waals surface area contributed by atoms with Gasteiger partial charge in [0, 0.05) is 6.54 Å². The molecular weight excluding hydrogens is 321 g/mol. The Morgan fingerprint density at radius 2 is 2.00 bits per heavy atom. The van der Waals surface area contributed by atoms with E-state index < -0.39 is 17.8 Å². The van der Waals surface area contributed by atoms with Gasteiger partial charge in [0.05, 0.1) is 22.9 Å². The van der Waals surface area contributed by atoms with Crippen molar-refractivity contribution < 1.29 is 23.1 Å². The smallest absolute Gasteiger partial charge is 0.395 e. The summed E-state index contributed by atoms with van der Waals surface area (Å²) in [5.41, 5.74) is -0.610. The molecule has 1 atom stereocenters. The highest BCUT2D eigenvalue weighted by molar-refractivity contribution is 6.33. The molecule has 0 aliphatic heterocycles. The van der Waals surface area contributed by atoms with Crippen LogP contribution in [0.5, 0.6) is 0 Å². The quantitative estimate of drug-likeness (QED) is 0.747. The van der Waals surface area contributed by atoms with Gasteiger partial charge >= 0.3 is 6.18 Å². The third-order valence-electron chi connectivity index (χ3n) is 2.97. The lowest BCUT2D eigenvalue weighted by Crippen LogP contribution is -2.43. The third-order valence-corrected chi connectivity index (χ3v) is 3.28.